The molecule has 3 aromatic rings. The Kier molecular flexibility index (Phi) is 9.09. The van der Waals surface area contributed by atoms with Gasteiger partial charge in [-0.25, -0.2) is 18.4 Å². The molecule has 12 heteroatoms. The van der Waals surface area contributed by atoms with Crippen LogP contribution in [0, 0.1) is 5.92 Å². The first-order chi connectivity index (χ1) is 20.2. The molecule has 0 radical (unpaired) electrons. The van der Waals surface area contributed by atoms with E-state index in [0.717, 1.165) is 22.4 Å². The molecule has 0 N–H and O–H groups in total. The minimum Gasteiger partial charge on any atom is -0.287 e. The van der Waals surface area contributed by atoms with Crippen LogP contribution < -0.4 is 0 Å². The van der Waals surface area contributed by atoms with Crippen LogP contribution in [0.25, 0.3) is 5.70 Å². The molecular weight excluding hydrogens is 583 g/mol. The van der Waals surface area contributed by atoms with Gasteiger partial charge < -0.3 is 0 Å². The summed E-state index contributed by atoms with van der Waals surface area (Å²) < 4.78 is 70.7. The Hall–Kier alpha value is -4.45. The monoisotopic (exact) mass is 613 g/mol. The summed E-state index contributed by atoms with van der Waals surface area (Å²) in [6.45, 7) is 4.11. The van der Waals surface area contributed by atoms with Gasteiger partial charge in [-0.05, 0) is 23.6 Å². The van der Waals surface area contributed by atoms with Gasteiger partial charge >= 0.3 is 6.18 Å². The first-order valence-corrected chi connectivity index (χ1v) is 14.8. The molecule has 4 rings (SSSR count). The molecule has 0 saturated carbocycles. The predicted octanol–water partition coefficient (Wildman–Crippen LogP) is 5.05. The molecule has 1 heterocycles. The largest absolute Gasteiger partial charge is 0.452 e. The Morgan fingerprint density at radius 1 is 0.884 bits per heavy atom. The van der Waals surface area contributed by atoms with Gasteiger partial charge in [-0.15, -0.1) is 0 Å². The summed E-state index contributed by atoms with van der Waals surface area (Å²) in [6, 6.07) is 19.4. The third kappa shape index (κ3) is 6.48. The van der Waals surface area contributed by atoms with Gasteiger partial charge in [0, 0.05) is 25.1 Å². The number of hydrogen-bond acceptors (Lipinski definition) is 5. The molecule has 0 aromatic heterocycles. The minimum absolute atomic E-state index is 0.108. The van der Waals surface area contributed by atoms with E-state index in [1.54, 1.807) is 56.3 Å². The highest BCUT2D eigenvalue weighted by Crippen LogP contribution is 2.37. The molecule has 0 fully saturated rings. The number of alkyl halides is 3. The maximum atomic E-state index is 14.4. The Morgan fingerprint density at radius 2 is 1.40 bits per heavy atom. The van der Waals surface area contributed by atoms with E-state index in [1.807, 2.05) is 0 Å². The van der Waals surface area contributed by atoms with Gasteiger partial charge in [0.15, 0.2) is 0 Å². The van der Waals surface area contributed by atoms with Crippen LogP contribution >= 0.6 is 0 Å². The van der Waals surface area contributed by atoms with Crippen LogP contribution in [0.5, 0.6) is 0 Å². The summed E-state index contributed by atoms with van der Waals surface area (Å²) in [5, 5.41) is 1.24. The molecule has 1 aliphatic heterocycles. The number of hydrogen-bond donors (Lipinski definition) is 0. The number of hydrazine groups is 1. The fraction of sp³-hybridized carbons (Fsp3) is 0.258. The molecule has 2 atom stereocenters. The summed E-state index contributed by atoms with van der Waals surface area (Å²) >= 11 is 0. The SMILES string of the molecule is CC(=O)N(C(Cc1ccccc1)C(=O)C(F)(F)F)N1C(=O)C(C(C)C)N(S(=O)(=O)c2ccccc2)C=C1c1ccccc1. The average Bonchev–Trinajstić information content (AvgIpc) is 2.97. The standard InChI is InChI=1S/C31H30F3N3O5S/c1-21(2)28-30(40)37(36(22(3)38)26(29(39)31(32,33)34)19-23-13-7-4-8-14-23)27(24-15-9-5-10-16-24)20-35(28)43(41,42)25-17-11-6-12-18-25/h4-18,20-21,26,28H,19H2,1-3H3. The van der Waals surface area contributed by atoms with Crippen molar-refractivity contribution in [3.63, 3.8) is 0 Å². The third-order valence-electron chi connectivity index (χ3n) is 6.92. The third-order valence-corrected chi connectivity index (χ3v) is 8.68. The van der Waals surface area contributed by atoms with Crippen LogP contribution in [-0.2, 0) is 30.8 Å². The number of nitrogens with zero attached hydrogens (tertiary/aromatic N) is 3. The van der Waals surface area contributed by atoms with Crippen LogP contribution in [0.4, 0.5) is 13.2 Å². The molecule has 0 saturated heterocycles. The number of halogens is 3. The fourth-order valence-corrected chi connectivity index (χ4v) is 6.58. The van der Waals surface area contributed by atoms with Crippen molar-refractivity contribution in [3.05, 3.63) is 108 Å². The van der Waals surface area contributed by atoms with Crippen molar-refractivity contribution in [1.29, 1.82) is 0 Å². The molecule has 0 bridgehead atoms. The second-order valence-corrected chi connectivity index (χ2v) is 12.1. The zero-order chi connectivity index (χ0) is 31.5. The topological polar surface area (TPSA) is 95.1 Å². The molecule has 0 spiro atoms. The molecule has 2 amide bonds. The first-order valence-electron chi connectivity index (χ1n) is 13.4. The van der Waals surface area contributed by atoms with Crippen molar-refractivity contribution in [2.75, 3.05) is 0 Å². The smallest absolute Gasteiger partial charge is 0.287 e. The van der Waals surface area contributed by atoms with E-state index in [1.165, 1.54) is 48.5 Å². The normalized spacial score (nSPS) is 16.6. The maximum Gasteiger partial charge on any atom is 0.452 e. The van der Waals surface area contributed by atoms with Gasteiger partial charge in [0.25, 0.3) is 21.7 Å². The highest BCUT2D eigenvalue weighted by Gasteiger charge is 2.52. The molecule has 8 nitrogen and oxygen atoms in total. The Balaban J connectivity index is 1.99. The van der Waals surface area contributed by atoms with E-state index < -0.39 is 58.2 Å². The predicted molar refractivity (Wildman–Crippen MR) is 153 cm³/mol. The van der Waals surface area contributed by atoms with Crippen molar-refractivity contribution in [1.82, 2.24) is 14.3 Å². The number of benzene rings is 3. The number of ketones is 1. The van der Waals surface area contributed by atoms with E-state index in [-0.39, 0.29) is 16.2 Å². The van der Waals surface area contributed by atoms with Crippen LogP contribution in [0.1, 0.15) is 31.9 Å². The second-order valence-electron chi connectivity index (χ2n) is 10.3. The summed E-state index contributed by atoms with van der Waals surface area (Å²) in [7, 11) is -4.35. The molecule has 1 aliphatic rings. The number of carbonyl (C=O) groups is 3. The first kappa shape index (κ1) is 31.5. The Morgan fingerprint density at radius 3 is 1.88 bits per heavy atom. The van der Waals surface area contributed by atoms with Crippen molar-refractivity contribution < 1.29 is 36.0 Å². The summed E-state index contributed by atoms with van der Waals surface area (Å²) in [5.41, 5.74) is 0.362. The zero-order valence-corrected chi connectivity index (χ0v) is 24.4. The number of sulfonamides is 1. The molecule has 2 unspecified atom stereocenters. The summed E-state index contributed by atoms with van der Waals surface area (Å²) in [6.07, 6.45) is -4.76. The van der Waals surface area contributed by atoms with Gasteiger partial charge in [0.05, 0.1) is 10.6 Å². The van der Waals surface area contributed by atoms with E-state index >= 15 is 0 Å². The lowest BCUT2D eigenvalue weighted by molar-refractivity contribution is -0.187. The van der Waals surface area contributed by atoms with Crippen LogP contribution in [-0.4, -0.2) is 58.6 Å². The molecular formula is C31H30F3N3O5S. The maximum absolute atomic E-state index is 14.4. The quantitative estimate of drug-likeness (QED) is 0.337. The minimum atomic E-state index is -5.34. The Bertz CT molecular complexity index is 1610. The van der Waals surface area contributed by atoms with Gasteiger partial charge in [0.2, 0.25) is 5.91 Å². The number of carbonyl (C=O) groups excluding carboxylic acids is 3. The lowest BCUT2D eigenvalue weighted by Gasteiger charge is -2.47. The van der Waals surface area contributed by atoms with E-state index in [4.69, 9.17) is 0 Å². The van der Waals surface area contributed by atoms with E-state index in [0.29, 0.717) is 10.6 Å². The van der Waals surface area contributed by atoms with Crippen molar-refractivity contribution in [2.24, 2.45) is 5.92 Å². The number of rotatable bonds is 9. The highest BCUT2D eigenvalue weighted by atomic mass is 32.2. The summed E-state index contributed by atoms with van der Waals surface area (Å²) in [4.78, 5) is 40.5. The molecule has 3 aromatic carbocycles. The molecule has 226 valence electrons. The second kappa shape index (κ2) is 12.4. The van der Waals surface area contributed by atoms with Crippen LogP contribution in [0.2, 0.25) is 0 Å². The van der Waals surface area contributed by atoms with Gasteiger partial charge in [-0.1, -0.05) is 92.7 Å². The lowest BCUT2D eigenvalue weighted by atomic mass is 9.98. The lowest BCUT2D eigenvalue weighted by Crippen LogP contribution is -2.64. The van der Waals surface area contributed by atoms with Crippen LogP contribution in [0.3, 0.4) is 0 Å². The number of Topliss-reactive ketones (excluding diaryl/α,β-unsaturated/α-hetero) is 1. The van der Waals surface area contributed by atoms with Crippen LogP contribution in [0.15, 0.2) is 102 Å². The zero-order valence-electron chi connectivity index (χ0n) is 23.6. The van der Waals surface area contributed by atoms with E-state index in [2.05, 4.69) is 0 Å². The molecule has 0 aliphatic carbocycles. The van der Waals surface area contributed by atoms with Crippen molar-refractivity contribution in [3.8, 4) is 0 Å². The van der Waals surface area contributed by atoms with Crippen molar-refractivity contribution >= 4 is 33.3 Å². The summed E-state index contributed by atoms with van der Waals surface area (Å²) in [5.74, 6) is -4.93. The van der Waals surface area contributed by atoms with Gasteiger partial charge in [0.1, 0.15) is 12.1 Å². The number of amides is 2. The fourth-order valence-electron chi connectivity index (χ4n) is 4.96. The highest BCUT2D eigenvalue weighted by molar-refractivity contribution is 7.89. The Labute approximate surface area is 248 Å². The van der Waals surface area contributed by atoms with Crippen molar-refractivity contribution in [2.45, 2.75) is 50.3 Å². The van der Waals surface area contributed by atoms with E-state index in [9.17, 15) is 36.0 Å². The van der Waals surface area contributed by atoms with Gasteiger partial charge in [-0.2, -0.15) is 13.2 Å². The van der Waals surface area contributed by atoms with Gasteiger partial charge in [-0.3, -0.25) is 18.7 Å². The molecule has 43 heavy (non-hydrogen) atoms. The average molecular weight is 614 g/mol.